The lowest BCUT2D eigenvalue weighted by atomic mass is 10.1. The molecule has 0 aliphatic carbocycles. The second-order valence-electron chi connectivity index (χ2n) is 4.76. The Kier molecular flexibility index (Phi) is 4.24. The Morgan fingerprint density at radius 1 is 1.58 bits per heavy atom. The molecule has 1 unspecified atom stereocenters. The highest BCUT2D eigenvalue weighted by Crippen LogP contribution is 2.24. The van der Waals surface area contributed by atoms with Crippen molar-refractivity contribution >= 4 is 27.5 Å². The number of carbonyl (C=O) groups is 1. The van der Waals surface area contributed by atoms with Gasteiger partial charge in [-0.3, -0.25) is 9.59 Å². The summed E-state index contributed by atoms with van der Waals surface area (Å²) in [6.07, 6.45) is 3.63. The van der Waals surface area contributed by atoms with Gasteiger partial charge in [0.05, 0.1) is 11.9 Å². The number of hydrogen-bond donors (Lipinski definition) is 1. The smallest absolute Gasteiger partial charge is 0.282 e. The van der Waals surface area contributed by atoms with E-state index in [-0.39, 0.29) is 17.5 Å². The normalized spacial score (nSPS) is 19.3. The molecular weight excluding hydrogens is 312 g/mol. The third kappa shape index (κ3) is 3.15. The third-order valence-electron chi connectivity index (χ3n) is 3.23. The lowest BCUT2D eigenvalue weighted by Crippen LogP contribution is -2.47. The van der Waals surface area contributed by atoms with Crippen molar-refractivity contribution in [2.24, 2.45) is 7.05 Å². The first-order valence-electron chi connectivity index (χ1n) is 6.23. The van der Waals surface area contributed by atoms with Crippen molar-refractivity contribution in [1.82, 2.24) is 15.1 Å². The molecule has 1 aromatic rings. The number of hydrogen-bond acceptors (Lipinski definition) is 4. The number of nitrogens with zero attached hydrogens (tertiary/aromatic N) is 3. The molecular formula is C12H17BrN4O2. The molecule has 1 fully saturated rings. The van der Waals surface area contributed by atoms with Crippen LogP contribution in [0.4, 0.5) is 5.69 Å². The number of aryl methyl sites for hydroxylation is 1. The lowest BCUT2D eigenvalue weighted by Gasteiger charge is -2.34. The summed E-state index contributed by atoms with van der Waals surface area (Å²) in [5, 5.41) is 6.97. The second-order valence-corrected chi connectivity index (χ2v) is 5.55. The molecule has 1 aliphatic rings. The van der Waals surface area contributed by atoms with E-state index >= 15 is 0 Å². The molecule has 104 valence electrons. The van der Waals surface area contributed by atoms with Crippen LogP contribution in [-0.2, 0) is 11.8 Å². The highest BCUT2D eigenvalue weighted by Gasteiger charge is 2.23. The highest BCUT2D eigenvalue weighted by atomic mass is 79.9. The van der Waals surface area contributed by atoms with Crippen LogP contribution in [0.1, 0.15) is 19.8 Å². The predicted molar refractivity (Wildman–Crippen MR) is 76.2 cm³/mol. The summed E-state index contributed by atoms with van der Waals surface area (Å²) in [5.41, 5.74) is 0.636. The van der Waals surface area contributed by atoms with E-state index in [2.05, 4.69) is 31.2 Å². The number of rotatable bonds is 2. The van der Waals surface area contributed by atoms with E-state index in [0.717, 1.165) is 25.1 Å². The van der Waals surface area contributed by atoms with E-state index in [1.807, 2.05) is 0 Å². The molecule has 0 radical (unpaired) electrons. The SMILES string of the molecule is CC(=O)NC1CCCN(c2cnn(C)c(=O)c2Br)C1. The van der Waals surface area contributed by atoms with Gasteiger partial charge in [0.25, 0.3) is 5.56 Å². The Hall–Kier alpha value is -1.37. The fourth-order valence-corrected chi connectivity index (χ4v) is 2.93. The monoisotopic (exact) mass is 328 g/mol. The zero-order valence-corrected chi connectivity index (χ0v) is 12.6. The number of piperidine rings is 1. The Morgan fingerprint density at radius 2 is 2.32 bits per heavy atom. The van der Waals surface area contributed by atoms with Crippen molar-refractivity contribution in [1.29, 1.82) is 0 Å². The van der Waals surface area contributed by atoms with Gasteiger partial charge in [0.15, 0.2) is 0 Å². The zero-order chi connectivity index (χ0) is 14.0. The van der Waals surface area contributed by atoms with E-state index < -0.39 is 0 Å². The largest absolute Gasteiger partial charge is 0.367 e. The maximum atomic E-state index is 11.8. The van der Waals surface area contributed by atoms with Crippen LogP contribution in [0.25, 0.3) is 0 Å². The van der Waals surface area contributed by atoms with Crippen LogP contribution in [-0.4, -0.2) is 34.8 Å². The number of aromatic nitrogens is 2. The summed E-state index contributed by atoms with van der Waals surface area (Å²) in [4.78, 5) is 25.1. The van der Waals surface area contributed by atoms with Gasteiger partial charge in [0, 0.05) is 33.1 Å². The first kappa shape index (κ1) is 14.0. The van der Waals surface area contributed by atoms with Crippen molar-refractivity contribution in [3.05, 3.63) is 21.0 Å². The topological polar surface area (TPSA) is 67.2 Å². The maximum Gasteiger partial charge on any atom is 0.282 e. The standard InChI is InChI=1S/C12H17BrN4O2/c1-8(18)15-9-4-3-5-17(7-9)10-6-14-16(2)12(19)11(10)13/h6,9H,3-5,7H2,1-2H3,(H,15,18). The molecule has 0 bridgehead atoms. The Bertz CT molecular complexity index is 543. The fraction of sp³-hybridized carbons (Fsp3) is 0.583. The lowest BCUT2D eigenvalue weighted by molar-refractivity contribution is -0.119. The van der Waals surface area contributed by atoms with Crippen molar-refractivity contribution in [2.75, 3.05) is 18.0 Å². The van der Waals surface area contributed by atoms with E-state index in [0.29, 0.717) is 11.0 Å². The summed E-state index contributed by atoms with van der Waals surface area (Å²) in [5.74, 6) is -0.0204. The van der Waals surface area contributed by atoms with Gasteiger partial charge in [-0.1, -0.05) is 0 Å². The number of carbonyl (C=O) groups excluding carboxylic acids is 1. The minimum absolute atomic E-state index is 0.0204. The number of anilines is 1. The van der Waals surface area contributed by atoms with Crippen molar-refractivity contribution in [3.8, 4) is 0 Å². The molecule has 1 aliphatic heterocycles. The third-order valence-corrected chi connectivity index (χ3v) is 3.97. The first-order valence-corrected chi connectivity index (χ1v) is 7.02. The first-order chi connectivity index (χ1) is 8.99. The zero-order valence-electron chi connectivity index (χ0n) is 11.0. The van der Waals surface area contributed by atoms with Crippen molar-refractivity contribution in [2.45, 2.75) is 25.8 Å². The molecule has 2 rings (SSSR count). The quantitative estimate of drug-likeness (QED) is 0.865. The van der Waals surface area contributed by atoms with Crippen LogP contribution in [0.15, 0.2) is 15.5 Å². The van der Waals surface area contributed by atoms with Gasteiger partial charge in [-0.05, 0) is 28.8 Å². The van der Waals surface area contributed by atoms with E-state index in [1.54, 1.807) is 13.2 Å². The summed E-state index contributed by atoms with van der Waals surface area (Å²) >= 11 is 3.33. The minimum Gasteiger partial charge on any atom is -0.367 e. The molecule has 1 amide bonds. The molecule has 1 aromatic heterocycles. The van der Waals surface area contributed by atoms with Crippen LogP contribution in [0.5, 0.6) is 0 Å². The Balaban J connectivity index is 2.20. The maximum absolute atomic E-state index is 11.8. The number of amides is 1. The van der Waals surface area contributed by atoms with Crippen LogP contribution in [0, 0.1) is 0 Å². The average Bonchev–Trinajstić information content (AvgIpc) is 2.36. The van der Waals surface area contributed by atoms with Crippen LogP contribution in [0.3, 0.4) is 0 Å². The van der Waals surface area contributed by atoms with Gasteiger partial charge in [0.2, 0.25) is 5.91 Å². The second kappa shape index (κ2) is 5.73. The molecule has 1 atom stereocenters. The highest BCUT2D eigenvalue weighted by molar-refractivity contribution is 9.10. The van der Waals surface area contributed by atoms with Crippen LogP contribution >= 0.6 is 15.9 Å². The molecule has 0 spiro atoms. The molecule has 6 nitrogen and oxygen atoms in total. The van der Waals surface area contributed by atoms with Crippen molar-refractivity contribution < 1.29 is 4.79 Å². The summed E-state index contributed by atoms with van der Waals surface area (Å²) in [6.45, 7) is 3.09. The van der Waals surface area contributed by atoms with Gasteiger partial charge in [-0.2, -0.15) is 5.10 Å². The van der Waals surface area contributed by atoms with Crippen molar-refractivity contribution in [3.63, 3.8) is 0 Å². The molecule has 19 heavy (non-hydrogen) atoms. The van der Waals surface area contributed by atoms with Gasteiger partial charge in [-0.15, -0.1) is 0 Å². The van der Waals surface area contributed by atoms with E-state index in [4.69, 9.17) is 0 Å². The summed E-state index contributed by atoms with van der Waals surface area (Å²) in [6, 6.07) is 0.127. The molecule has 1 saturated heterocycles. The Labute approximate surface area is 119 Å². The molecule has 0 aromatic carbocycles. The summed E-state index contributed by atoms with van der Waals surface area (Å²) < 4.78 is 1.82. The fourth-order valence-electron chi connectivity index (χ4n) is 2.32. The van der Waals surface area contributed by atoms with Gasteiger partial charge >= 0.3 is 0 Å². The minimum atomic E-state index is -0.154. The average molecular weight is 329 g/mol. The molecule has 1 N–H and O–H groups in total. The predicted octanol–water partition coefficient (Wildman–Crippen LogP) is 0.648. The van der Waals surface area contributed by atoms with Gasteiger partial charge in [0.1, 0.15) is 4.47 Å². The van der Waals surface area contributed by atoms with Crippen LogP contribution < -0.4 is 15.8 Å². The number of halogens is 1. The Morgan fingerprint density at radius 3 is 3.00 bits per heavy atom. The number of nitrogens with one attached hydrogen (secondary N) is 1. The van der Waals surface area contributed by atoms with Crippen LogP contribution in [0.2, 0.25) is 0 Å². The molecule has 0 saturated carbocycles. The van der Waals surface area contributed by atoms with E-state index in [1.165, 1.54) is 11.6 Å². The molecule has 2 heterocycles. The molecule has 7 heteroatoms. The van der Waals surface area contributed by atoms with Gasteiger partial charge in [-0.25, -0.2) is 4.68 Å². The summed E-state index contributed by atoms with van der Waals surface area (Å²) in [7, 11) is 1.62. The van der Waals surface area contributed by atoms with Gasteiger partial charge < -0.3 is 10.2 Å². The van der Waals surface area contributed by atoms with E-state index in [9.17, 15) is 9.59 Å².